The summed E-state index contributed by atoms with van der Waals surface area (Å²) >= 11 is 1.62. The Labute approximate surface area is 173 Å². The minimum absolute atomic E-state index is 0.0179. The van der Waals surface area contributed by atoms with Gasteiger partial charge in [0.2, 0.25) is 5.91 Å². The van der Waals surface area contributed by atoms with Crippen molar-refractivity contribution < 1.29 is 4.79 Å². The fourth-order valence-electron chi connectivity index (χ4n) is 3.01. The van der Waals surface area contributed by atoms with Crippen LogP contribution < -0.4 is 5.32 Å². The van der Waals surface area contributed by atoms with Crippen molar-refractivity contribution in [3.05, 3.63) is 72.8 Å². The first-order valence-corrected chi connectivity index (χ1v) is 10.2. The van der Waals surface area contributed by atoms with Crippen LogP contribution in [0.5, 0.6) is 0 Å². The lowest BCUT2D eigenvalue weighted by Gasteiger charge is -2.17. The molecule has 0 unspecified atom stereocenters. The van der Waals surface area contributed by atoms with Crippen molar-refractivity contribution in [1.29, 1.82) is 0 Å². The summed E-state index contributed by atoms with van der Waals surface area (Å²) < 4.78 is 0. The van der Waals surface area contributed by atoms with Gasteiger partial charge in [0.15, 0.2) is 0 Å². The van der Waals surface area contributed by atoms with Gasteiger partial charge in [-0.15, -0.1) is 11.3 Å². The third kappa shape index (κ3) is 4.57. The predicted octanol–water partition coefficient (Wildman–Crippen LogP) is 3.87. The van der Waals surface area contributed by atoms with Gasteiger partial charge in [-0.1, -0.05) is 30.3 Å². The van der Waals surface area contributed by atoms with E-state index in [2.05, 4.69) is 38.5 Å². The third-order valence-corrected chi connectivity index (χ3v) is 5.80. The molecule has 0 radical (unpaired) electrons. The maximum Gasteiger partial charge on any atom is 0.241 e. The number of likely N-dealkylation sites (N-methyl/N-ethyl adjacent to an activating group) is 1. The topological polar surface area (TPSA) is 71.0 Å². The Hall–Kier alpha value is -3.32. The number of pyridine rings is 1. The lowest BCUT2D eigenvalue weighted by atomic mass is 10.2. The summed E-state index contributed by atoms with van der Waals surface area (Å²) in [6.07, 6.45) is 5.87. The van der Waals surface area contributed by atoms with Crippen LogP contribution in [-0.4, -0.2) is 45.9 Å². The van der Waals surface area contributed by atoms with E-state index in [1.165, 1.54) is 6.33 Å². The van der Waals surface area contributed by atoms with Gasteiger partial charge in [0.05, 0.1) is 11.9 Å². The number of carbonyl (C=O) groups excluding carboxylic acids is 1. The number of hydrogen-bond donors (Lipinski definition) is 1. The van der Waals surface area contributed by atoms with Crippen molar-refractivity contribution in [3.63, 3.8) is 0 Å². The molecule has 0 atom stereocenters. The second-order valence-corrected chi connectivity index (χ2v) is 7.72. The van der Waals surface area contributed by atoms with Crippen LogP contribution in [0.2, 0.25) is 0 Å². The summed E-state index contributed by atoms with van der Waals surface area (Å²) in [6, 6.07) is 16.2. The summed E-state index contributed by atoms with van der Waals surface area (Å²) in [5.41, 5.74) is 2.31. The molecule has 0 saturated heterocycles. The molecular formula is C22H21N5OS. The van der Waals surface area contributed by atoms with Crippen LogP contribution in [0.15, 0.2) is 67.3 Å². The first-order valence-electron chi connectivity index (χ1n) is 9.37. The molecule has 3 aromatic heterocycles. The number of aromatic nitrogens is 3. The van der Waals surface area contributed by atoms with Crippen molar-refractivity contribution in [3.8, 4) is 10.4 Å². The quantitative estimate of drug-likeness (QED) is 0.507. The van der Waals surface area contributed by atoms with Crippen molar-refractivity contribution >= 4 is 33.3 Å². The van der Waals surface area contributed by atoms with Gasteiger partial charge in [-0.2, -0.15) is 0 Å². The molecule has 6 nitrogen and oxygen atoms in total. The van der Waals surface area contributed by atoms with E-state index in [0.29, 0.717) is 12.4 Å². The standard InChI is InChI=1S/C22H21N5OS/c1-27(12-9-16-7-10-23-11-8-16)20(28)14-24-21-18-13-19(17-5-3-2-4-6-17)29-22(18)26-15-25-21/h2-8,10-11,13,15H,9,12,14H2,1H3,(H,24,25,26). The first-order chi connectivity index (χ1) is 14.2. The molecule has 0 aliphatic carbocycles. The van der Waals surface area contributed by atoms with Gasteiger partial charge in [-0.3, -0.25) is 9.78 Å². The second kappa shape index (κ2) is 8.79. The highest BCUT2D eigenvalue weighted by molar-refractivity contribution is 7.21. The fraction of sp³-hybridized carbons (Fsp3) is 0.182. The summed E-state index contributed by atoms with van der Waals surface area (Å²) in [6.45, 7) is 0.843. The van der Waals surface area contributed by atoms with Gasteiger partial charge in [0, 0.05) is 30.9 Å². The van der Waals surface area contributed by atoms with E-state index in [9.17, 15) is 4.79 Å². The van der Waals surface area contributed by atoms with Crippen LogP contribution in [0.25, 0.3) is 20.7 Å². The van der Waals surface area contributed by atoms with E-state index in [1.54, 1.807) is 28.6 Å². The Bertz CT molecular complexity index is 1100. The Morgan fingerprint density at radius 1 is 1.10 bits per heavy atom. The maximum absolute atomic E-state index is 12.5. The summed E-state index contributed by atoms with van der Waals surface area (Å²) in [5, 5.41) is 4.12. The molecule has 0 aliphatic rings. The molecular weight excluding hydrogens is 382 g/mol. The first kappa shape index (κ1) is 19.0. The monoisotopic (exact) mass is 403 g/mol. The number of benzene rings is 1. The molecule has 7 heteroatoms. The zero-order chi connectivity index (χ0) is 20.1. The maximum atomic E-state index is 12.5. The molecule has 4 aromatic rings. The van der Waals surface area contributed by atoms with Gasteiger partial charge in [-0.05, 0) is 35.7 Å². The SMILES string of the molecule is CN(CCc1ccncc1)C(=O)CNc1ncnc2sc(-c3ccccc3)cc12. The number of amides is 1. The van der Waals surface area contributed by atoms with Gasteiger partial charge in [0.25, 0.3) is 0 Å². The van der Waals surface area contributed by atoms with Gasteiger partial charge < -0.3 is 10.2 Å². The van der Waals surface area contributed by atoms with E-state index in [-0.39, 0.29) is 12.5 Å². The summed E-state index contributed by atoms with van der Waals surface area (Å²) in [4.78, 5) is 29.0. The molecule has 0 spiro atoms. The average Bonchev–Trinajstić information content (AvgIpc) is 3.22. The number of hydrogen-bond acceptors (Lipinski definition) is 6. The Balaban J connectivity index is 1.41. The third-order valence-electron chi connectivity index (χ3n) is 4.71. The summed E-state index contributed by atoms with van der Waals surface area (Å²) in [5.74, 6) is 0.702. The van der Waals surface area contributed by atoms with Crippen molar-refractivity contribution in [2.75, 3.05) is 25.5 Å². The molecule has 0 fully saturated rings. The highest BCUT2D eigenvalue weighted by Crippen LogP contribution is 2.34. The van der Waals surface area contributed by atoms with Crippen molar-refractivity contribution in [2.45, 2.75) is 6.42 Å². The van der Waals surface area contributed by atoms with Crippen LogP contribution in [-0.2, 0) is 11.2 Å². The Kier molecular flexibility index (Phi) is 5.76. The highest BCUT2D eigenvalue weighted by atomic mass is 32.1. The zero-order valence-electron chi connectivity index (χ0n) is 16.1. The van der Waals surface area contributed by atoms with E-state index < -0.39 is 0 Å². The molecule has 1 aromatic carbocycles. The molecule has 0 aliphatic heterocycles. The normalized spacial score (nSPS) is 10.8. The average molecular weight is 404 g/mol. The van der Waals surface area contributed by atoms with Crippen LogP contribution in [0, 0.1) is 0 Å². The molecule has 1 N–H and O–H groups in total. The number of nitrogens with zero attached hydrogens (tertiary/aromatic N) is 4. The molecule has 146 valence electrons. The van der Waals surface area contributed by atoms with E-state index in [1.807, 2.05) is 37.4 Å². The molecule has 4 rings (SSSR count). The number of rotatable bonds is 7. The molecule has 3 heterocycles. The number of thiophene rings is 1. The minimum atomic E-state index is 0.0179. The van der Waals surface area contributed by atoms with Gasteiger partial charge >= 0.3 is 0 Å². The Morgan fingerprint density at radius 2 is 1.90 bits per heavy atom. The van der Waals surface area contributed by atoms with E-state index in [0.717, 1.165) is 32.6 Å². The van der Waals surface area contributed by atoms with Crippen LogP contribution >= 0.6 is 11.3 Å². The largest absolute Gasteiger partial charge is 0.360 e. The van der Waals surface area contributed by atoms with E-state index in [4.69, 9.17) is 0 Å². The predicted molar refractivity (Wildman–Crippen MR) is 117 cm³/mol. The van der Waals surface area contributed by atoms with E-state index >= 15 is 0 Å². The number of nitrogens with one attached hydrogen (secondary N) is 1. The lowest BCUT2D eigenvalue weighted by molar-refractivity contribution is -0.127. The van der Waals surface area contributed by atoms with Crippen molar-refractivity contribution in [2.24, 2.45) is 0 Å². The van der Waals surface area contributed by atoms with Gasteiger partial charge in [0.1, 0.15) is 17.0 Å². The van der Waals surface area contributed by atoms with Crippen LogP contribution in [0.3, 0.4) is 0 Å². The van der Waals surface area contributed by atoms with Crippen LogP contribution in [0.4, 0.5) is 5.82 Å². The molecule has 0 saturated carbocycles. The fourth-order valence-corrected chi connectivity index (χ4v) is 4.01. The summed E-state index contributed by atoms with van der Waals surface area (Å²) in [7, 11) is 1.82. The number of anilines is 1. The zero-order valence-corrected chi connectivity index (χ0v) is 16.9. The minimum Gasteiger partial charge on any atom is -0.360 e. The molecule has 29 heavy (non-hydrogen) atoms. The lowest BCUT2D eigenvalue weighted by Crippen LogP contribution is -2.33. The number of carbonyl (C=O) groups is 1. The second-order valence-electron chi connectivity index (χ2n) is 6.69. The Morgan fingerprint density at radius 3 is 2.69 bits per heavy atom. The van der Waals surface area contributed by atoms with Crippen molar-refractivity contribution in [1.82, 2.24) is 19.9 Å². The van der Waals surface area contributed by atoms with Gasteiger partial charge in [-0.25, -0.2) is 9.97 Å². The molecule has 0 bridgehead atoms. The highest BCUT2D eigenvalue weighted by Gasteiger charge is 2.13. The smallest absolute Gasteiger partial charge is 0.241 e. The molecule has 1 amide bonds. The number of fused-ring (bicyclic) bond motifs is 1. The van der Waals surface area contributed by atoms with Crippen LogP contribution in [0.1, 0.15) is 5.56 Å².